The van der Waals surface area contributed by atoms with E-state index >= 15 is 0 Å². The molecule has 9 rings (SSSR count). The number of aryl methyl sites for hydroxylation is 1. The summed E-state index contributed by atoms with van der Waals surface area (Å²) in [5.74, 6) is 0.737. The Labute approximate surface area is 278 Å². The Balaban J connectivity index is 0.000000220. The van der Waals surface area contributed by atoms with Crippen LogP contribution in [0.3, 0.4) is 0 Å². The third-order valence-electron chi connectivity index (χ3n) is 7.72. The predicted molar refractivity (Wildman–Crippen MR) is 179 cm³/mol. The van der Waals surface area contributed by atoms with Gasteiger partial charge in [-0.05, 0) is 42.9 Å². The van der Waals surface area contributed by atoms with Crippen molar-refractivity contribution < 1.29 is 24.5 Å². The van der Waals surface area contributed by atoms with Gasteiger partial charge in [-0.25, -0.2) is 9.97 Å². The summed E-state index contributed by atoms with van der Waals surface area (Å²) in [5.41, 5.74) is 7.69. The molecule has 0 saturated heterocycles. The summed E-state index contributed by atoms with van der Waals surface area (Å²) in [6, 6.07) is 46.6. The molecule has 0 bridgehead atoms. The maximum absolute atomic E-state index is 6.28. The number of rotatable bonds is 3. The van der Waals surface area contributed by atoms with Crippen LogP contribution in [0.5, 0.6) is 0 Å². The SMILES string of the molecule is Cc1ccc2c(n1)oc1c(-c3nc4c5ccccc5cnc4n3-c3ccccc3)[c-]ccc12.[Ir].[c-]1ccccc1-c1ccccn1. The molecule has 4 aromatic carbocycles. The van der Waals surface area contributed by atoms with E-state index in [1.54, 1.807) is 6.20 Å². The monoisotopic (exact) mass is 772 g/mol. The van der Waals surface area contributed by atoms with Crippen molar-refractivity contribution in [3.05, 3.63) is 152 Å². The van der Waals surface area contributed by atoms with E-state index in [1.165, 1.54) is 0 Å². The van der Waals surface area contributed by atoms with Crippen molar-refractivity contribution in [2.75, 3.05) is 0 Å². The zero-order chi connectivity index (χ0) is 30.2. The molecular formula is C39H25IrN5O-2. The van der Waals surface area contributed by atoms with Gasteiger partial charge in [-0.15, -0.1) is 54.1 Å². The van der Waals surface area contributed by atoms with Crippen LogP contribution >= 0.6 is 0 Å². The minimum absolute atomic E-state index is 0. The van der Waals surface area contributed by atoms with Crippen LogP contribution in [0.4, 0.5) is 0 Å². The molecule has 0 aliphatic heterocycles. The number of pyridine rings is 3. The molecule has 0 atom stereocenters. The fourth-order valence-corrected chi connectivity index (χ4v) is 5.61. The molecule has 0 fully saturated rings. The number of para-hydroxylation sites is 1. The molecule has 223 valence electrons. The molecule has 1 radical (unpaired) electrons. The summed E-state index contributed by atoms with van der Waals surface area (Å²) < 4.78 is 8.36. The topological polar surface area (TPSA) is 69.6 Å². The predicted octanol–water partition coefficient (Wildman–Crippen LogP) is 9.19. The van der Waals surface area contributed by atoms with Crippen LogP contribution in [-0.4, -0.2) is 24.5 Å². The van der Waals surface area contributed by atoms with Crippen molar-refractivity contribution in [1.82, 2.24) is 24.5 Å². The van der Waals surface area contributed by atoms with E-state index in [2.05, 4.69) is 57.0 Å². The van der Waals surface area contributed by atoms with E-state index < -0.39 is 0 Å². The van der Waals surface area contributed by atoms with E-state index in [0.717, 1.165) is 72.3 Å². The molecule has 0 amide bonds. The van der Waals surface area contributed by atoms with Crippen LogP contribution in [0, 0.1) is 19.1 Å². The molecule has 0 unspecified atom stereocenters. The second-order valence-electron chi connectivity index (χ2n) is 10.6. The molecule has 0 N–H and O–H groups in total. The number of nitrogens with zero attached hydrogens (tertiary/aromatic N) is 5. The van der Waals surface area contributed by atoms with Crippen molar-refractivity contribution in [2.45, 2.75) is 6.92 Å². The van der Waals surface area contributed by atoms with Gasteiger partial charge in [-0.2, -0.15) is 0 Å². The fourth-order valence-electron chi connectivity index (χ4n) is 5.61. The summed E-state index contributed by atoms with van der Waals surface area (Å²) >= 11 is 0. The van der Waals surface area contributed by atoms with Gasteiger partial charge in [-0.3, -0.25) is 4.98 Å². The van der Waals surface area contributed by atoms with Crippen molar-refractivity contribution in [3.63, 3.8) is 0 Å². The molecule has 5 heterocycles. The van der Waals surface area contributed by atoms with E-state index in [9.17, 15) is 0 Å². The van der Waals surface area contributed by atoms with Crippen molar-refractivity contribution in [2.24, 2.45) is 0 Å². The maximum atomic E-state index is 6.28. The normalized spacial score (nSPS) is 11.0. The smallest absolute Gasteiger partial charge is 0.216 e. The summed E-state index contributed by atoms with van der Waals surface area (Å²) in [6.07, 6.45) is 3.69. The van der Waals surface area contributed by atoms with E-state index in [-0.39, 0.29) is 20.1 Å². The summed E-state index contributed by atoms with van der Waals surface area (Å²) in [6.45, 7) is 1.96. The second-order valence-corrected chi connectivity index (χ2v) is 10.6. The third kappa shape index (κ3) is 5.26. The first kappa shape index (κ1) is 29.2. The molecule has 0 aliphatic rings. The molecule has 7 heteroatoms. The van der Waals surface area contributed by atoms with E-state index in [0.29, 0.717) is 5.71 Å². The zero-order valence-corrected chi connectivity index (χ0v) is 27.1. The van der Waals surface area contributed by atoms with E-state index in [4.69, 9.17) is 14.4 Å². The minimum Gasteiger partial charge on any atom is -0.486 e. The molecule has 5 aromatic heterocycles. The van der Waals surface area contributed by atoms with Crippen LogP contribution in [-0.2, 0) is 20.1 Å². The quantitative estimate of drug-likeness (QED) is 0.168. The summed E-state index contributed by atoms with van der Waals surface area (Å²) in [4.78, 5) is 18.7. The number of furan rings is 1. The maximum Gasteiger partial charge on any atom is 0.216 e. The number of hydrogen-bond acceptors (Lipinski definition) is 5. The number of aromatic nitrogens is 5. The van der Waals surface area contributed by atoms with Gasteiger partial charge in [-0.1, -0.05) is 65.5 Å². The standard InChI is InChI=1S/C28H17N4O.C11H8N.Ir/c1-17-14-15-22-21-12-7-13-23(25(21)33-28(22)30-17)26-31-24-20-11-6-5-8-18(20)16-29-27(24)32(26)19-9-3-2-4-10-19;1-2-6-10(7-3-1)11-8-4-5-9-12-11;/h2-12,14-16H,1H3;1-6,8-9H;/q2*-1;. The largest absolute Gasteiger partial charge is 0.486 e. The van der Waals surface area contributed by atoms with Crippen LogP contribution in [0.15, 0.2) is 138 Å². The number of hydrogen-bond donors (Lipinski definition) is 0. The summed E-state index contributed by atoms with van der Waals surface area (Å²) in [7, 11) is 0. The van der Waals surface area contributed by atoms with Crippen molar-refractivity contribution in [3.8, 4) is 28.3 Å². The Morgan fingerprint density at radius 3 is 2.33 bits per heavy atom. The van der Waals surface area contributed by atoms with Gasteiger partial charge < -0.3 is 14.0 Å². The van der Waals surface area contributed by atoms with Crippen LogP contribution < -0.4 is 0 Å². The molecule has 0 aliphatic carbocycles. The minimum atomic E-state index is 0. The van der Waals surface area contributed by atoms with Gasteiger partial charge in [0.1, 0.15) is 5.52 Å². The Morgan fingerprint density at radius 2 is 1.50 bits per heavy atom. The average Bonchev–Trinajstić information content (AvgIpc) is 3.68. The number of imidazole rings is 1. The second kappa shape index (κ2) is 12.5. The molecule has 6 nitrogen and oxygen atoms in total. The first-order valence-electron chi connectivity index (χ1n) is 14.7. The molecular weight excluding hydrogens is 747 g/mol. The van der Waals surface area contributed by atoms with Crippen LogP contribution in [0.1, 0.15) is 5.69 Å². The van der Waals surface area contributed by atoms with Gasteiger partial charge >= 0.3 is 0 Å². The Kier molecular flexibility index (Phi) is 7.93. The zero-order valence-electron chi connectivity index (χ0n) is 24.7. The molecule has 0 spiro atoms. The fraction of sp³-hybridized carbons (Fsp3) is 0.0256. The molecule has 9 aromatic rings. The Morgan fingerprint density at radius 1 is 0.674 bits per heavy atom. The van der Waals surface area contributed by atoms with Gasteiger partial charge in [0.25, 0.3) is 0 Å². The Hall–Kier alpha value is -5.49. The van der Waals surface area contributed by atoms with Gasteiger partial charge in [0.05, 0.1) is 11.4 Å². The van der Waals surface area contributed by atoms with Gasteiger partial charge in [0.15, 0.2) is 5.65 Å². The van der Waals surface area contributed by atoms with Gasteiger partial charge in [0, 0.05) is 60.0 Å². The molecule has 46 heavy (non-hydrogen) atoms. The summed E-state index contributed by atoms with van der Waals surface area (Å²) in [5, 5.41) is 4.10. The van der Waals surface area contributed by atoms with Gasteiger partial charge in [0.2, 0.25) is 5.71 Å². The van der Waals surface area contributed by atoms with Crippen molar-refractivity contribution in [1.29, 1.82) is 0 Å². The number of benzene rings is 4. The first-order valence-corrected chi connectivity index (χ1v) is 14.7. The van der Waals surface area contributed by atoms with E-state index in [1.807, 2.05) is 104 Å². The number of fused-ring (bicyclic) bond motifs is 6. The first-order chi connectivity index (χ1) is 22.2. The molecule has 0 saturated carbocycles. The van der Waals surface area contributed by atoms with Crippen molar-refractivity contribution >= 4 is 44.0 Å². The van der Waals surface area contributed by atoms with Crippen LogP contribution in [0.2, 0.25) is 0 Å². The average molecular weight is 772 g/mol. The Bertz CT molecular complexity index is 2400. The van der Waals surface area contributed by atoms with Crippen LogP contribution in [0.25, 0.3) is 72.3 Å². The third-order valence-corrected chi connectivity index (χ3v) is 7.72.